The van der Waals surface area contributed by atoms with Gasteiger partial charge in [0.1, 0.15) is 19.6 Å². The molecule has 1 heterocycles. The molecule has 2 aliphatic rings. The van der Waals surface area contributed by atoms with E-state index in [-0.39, 0.29) is 12.5 Å². The number of morpholine rings is 1. The second kappa shape index (κ2) is 13.6. The van der Waals surface area contributed by atoms with E-state index in [1.54, 1.807) is 4.90 Å². The van der Waals surface area contributed by atoms with Crippen molar-refractivity contribution < 1.29 is 29.2 Å². The quantitative estimate of drug-likeness (QED) is 0.412. The van der Waals surface area contributed by atoms with E-state index in [4.69, 9.17) is 14.2 Å². The third-order valence-corrected chi connectivity index (χ3v) is 6.16. The Morgan fingerprint density at radius 3 is 2.74 bits per heavy atom. The minimum atomic E-state index is -0.0471. The first-order chi connectivity index (χ1) is 15.2. The lowest BCUT2D eigenvalue weighted by molar-refractivity contribution is -0.909. The van der Waals surface area contributed by atoms with Crippen LogP contribution >= 0.6 is 0 Å². The SMILES string of the molecule is CCOc1cc(C[NH2+]CCC[NH+]2CCOCC2)ccc1OCC(=O)NC1CCCCC1. The van der Waals surface area contributed by atoms with Crippen LogP contribution in [0.4, 0.5) is 0 Å². The number of rotatable bonds is 12. The molecule has 31 heavy (non-hydrogen) atoms. The van der Waals surface area contributed by atoms with Crippen LogP contribution in [-0.2, 0) is 16.1 Å². The zero-order valence-electron chi connectivity index (χ0n) is 19.1. The third kappa shape index (κ3) is 8.67. The maximum Gasteiger partial charge on any atom is 0.258 e. The zero-order valence-corrected chi connectivity index (χ0v) is 19.1. The molecule has 1 aliphatic carbocycles. The summed E-state index contributed by atoms with van der Waals surface area (Å²) in [6, 6.07) is 6.35. The number of amides is 1. The molecule has 3 rings (SSSR count). The minimum Gasteiger partial charge on any atom is -0.490 e. The number of hydrogen-bond acceptors (Lipinski definition) is 4. The number of benzene rings is 1. The molecule has 7 nitrogen and oxygen atoms in total. The van der Waals surface area contributed by atoms with E-state index in [0.717, 1.165) is 58.0 Å². The van der Waals surface area contributed by atoms with Crippen LogP contribution < -0.4 is 25.0 Å². The van der Waals surface area contributed by atoms with E-state index in [9.17, 15) is 4.79 Å². The molecule has 1 saturated heterocycles. The van der Waals surface area contributed by atoms with E-state index >= 15 is 0 Å². The van der Waals surface area contributed by atoms with Crippen molar-refractivity contribution >= 4 is 5.91 Å². The number of nitrogens with two attached hydrogens (primary N) is 1. The Kier molecular flexibility index (Phi) is 10.4. The van der Waals surface area contributed by atoms with Gasteiger partial charge < -0.3 is 29.7 Å². The van der Waals surface area contributed by atoms with Crippen molar-refractivity contribution in [2.75, 3.05) is 52.6 Å². The van der Waals surface area contributed by atoms with Crippen LogP contribution in [0.25, 0.3) is 0 Å². The van der Waals surface area contributed by atoms with Gasteiger partial charge in [0.05, 0.1) is 32.9 Å². The first-order valence-electron chi connectivity index (χ1n) is 12.2. The molecule has 0 spiro atoms. The molecule has 0 aromatic heterocycles. The van der Waals surface area contributed by atoms with Crippen molar-refractivity contribution in [2.24, 2.45) is 0 Å². The Morgan fingerprint density at radius 2 is 1.97 bits per heavy atom. The average Bonchev–Trinajstić information content (AvgIpc) is 2.80. The molecular formula is C24H41N3O4+2. The van der Waals surface area contributed by atoms with Gasteiger partial charge in [-0.2, -0.15) is 0 Å². The topological polar surface area (TPSA) is 77.8 Å². The Bertz CT molecular complexity index is 658. The van der Waals surface area contributed by atoms with E-state index in [1.165, 1.54) is 37.8 Å². The lowest BCUT2D eigenvalue weighted by Crippen LogP contribution is -3.14. The number of hydrogen-bond donors (Lipinski definition) is 3. The van der Waals surface area contributed by atoms with Crippen molar-refractivity contribution in [2.45, 2.75) is 58.0 Å². The number of quaternary nitrogens is 2. The van der Waals surface area contributed by atoms with Gasteiger partial charge >= 0.3 is 0 Å². The molecule has 0 bridgehead atoms. The first kappa shape index (κ1) is 23.8. The van der Waals surface area contributed by atoms with Crippen molar-refractivity contribution in [3.63, 3.8) is 0 Å². The summed E-state index contributed by atoms with van der Waals surface area (Å²) < 4.78 is 17.0. The summed E-state index contributed by atoms with van der Waals surface area (Å²) in [4.78, 5) is 13.9. The van der Waals surface area contributed by atoms with Gasteiger partial charge in [0.15, 0.2) is 18.1 Å². The molecule has 7 heteroatoms. The maximum atomic E-state index is 12.2. The summed E-state index contributed by atoms with van der Waals surface area (Å²) in [5.41, 5.74) is 1.21. The molecule has 0 atom stereocenters. The van der Waals surface area contributed by atoms with E-state index in [1.807, 2.05) is 19.1 Å². The normalized spacial score (nSPS) is 18.0. The predicted octanol–water partition coefficient (Wildman–Crippen LogP) is 0.282. The highest BCUT2D eigenvalue weighted by Gasteiger charge is 2.17. The standard InChI is InChI=1S/C24H39N3O4/c1-2-30-23-17-20(18-25-11-6-12-27-13-15-29-16-14-27)9-10-22(23)31-19-24(28)26-21-7-4-3-5-8-21/h9-10,17,21,25H,2-8,11-16,18-19H2,1H3,(H,26,28)/p+2. The summed E-state index contributed by atoms with van der Waals surface area (Å²) in [5, 5.41) is 5.45. The van der Waals surface area contributed by atoms with Gasteiger partial charge in [0.2, 0.25) is 0 Å². The van der Waals surface area contributed by atoms with Gasteiger partial charge in [0.25, 0.3) is 5.91 Å². The molecule has 174 valence electrons. The number of ether oxygens (including phenoxy) is 3. The van der Waals surface area contributed by atoms with Crippen molar-refractivity contribution in [1.29, 1.82) is 0 Å². The lowest BCUT2D eigenvalue weighted by Gasteiger charge is -2.23. The maximum absolute atomic E-state index is 12.2. The van der Waals surface area contributed by atoms with Crippen LogP contribution in [0.5, 0.6) is 11.5 Å². The number of carbonyl (C=O) groups excluding carboxylic acids is 1. The lowest BCUT2D eigenvalue weighted by atomic mass is 9.95. The number of nitrogens with one attached hydrogen (secondary N) is 2. The molecule has 1 aromatic carbocycles. The zero-order chi connectivity index (χ0) is 21.7. The monoisotopic (exact) mass is 435 g/mol. The molecule has 1 aliphatic heterocycles. The van der Waals surface area contributed by atoms with Crippen LogP contribution in [0.1, 0.15) is 51.0 Å². The molecule has 0 unspecified atom stereocenters. The minimum absolute atomic E-state index is 0.0337. The van der Waals surface area contributed by atoms with Gasteiger partial charge in [-0.1, -0.05) is 19.3 Å². The van der Waals surface area contributed by atoms with Crippen LogP contribution in [0.2, 0.25) is 0 Å². The van der Waals surface area contributed by atoms with Crippen LogP contribution in [-0.4, -0.2) is 64.6 Å². The molecule has 1 amide bonds. The summed E-state index contributed by atoms with van der Waals surface area (Å²) in [6.07, 6.45) is 7.05. The van der Waals surface area contributed by atoms with E-state index < -0.39 is 0 Å². The van der Waals surface area contributed by atoms with Crippen LogP contribution in [0.15, 0.2) is 18.2 Å². The van der Waals surface area contributed by atoms with Crippen LogP contribution in [0.3, 0.4) is 0 Å². The second-order valence-electron chi connectivity index (χ2n) is 8.65. The Labute approximate surface area is 186 Å². The highest BCUT2D eigenvalue weighted by atomic mass is 16.5. The summed E-state index contributed by atoms with van der Waals surface area (Å²) in [5.74, 6) is 1.31. The fraction of sp³-hybridized carbons (Fsp3) is 0.708. The highest BCUT2D eigenvalue weighted by molar-refractivity contribution is 5.78. The average molecular weight is 436 g/mol. The molecule has 1 aromatic rings. The second-order valence-corrected chi connectivity index (χ2v) is 8.65. The van der Waals surface area contributed by atoms with Crippen molar-refractivity contribution in [3.05, 3.63) is 23.8 Å². The third-order valence-electron chi connectivity index (χ3n) is 6.16. The van der Waals surface area contributed by atoms with Gasteiger partial charge in [-0.15, -0.1) is 0 Å². The van der Waals surface area contributed by atoms with E-state index in [2.05, 4.69) is 16.7 Å². The molecular weight excluding hydrogens is 394 g/mol. The predicted molar refractivity (Wildman–Crippen MR) is 120 cm³/mol. The van der Waals surface area contributed by atoms with Crippen LogP contribution in [0, 0.1) is 0 Å². The van der Waals surface area contributed by atoms with Gasteiger partial charge in [-0.05, 0) is 38.0 Å². The first-order valence-corrected chi connectivity index (χ1v) is 12.2. The number of carbonyl (C=O) groups is 1. The Morgan fingerprint density at radius 1 is 1.16 bits per heavy atom. The summed E-state index contributed by atoms with van der Waals surface area (Å²) in [7, 11) is 0. The Hall–Kier alpha value is -1.83. The molecule has 2 fully saturated rings. The van der Waals surface area contributed by atoms with Gasteiger partial charge in [-0.3, -0.25) is 4.79 Å². The molecule has 1 saturated carbocycles. The fourth-order valence-corrected chi connectivity index (χ4v) is 4.40. The van der Waals surface area contributed by atoms with Crippen molar-refractivity contribution in [1.82, 2.24) is 5.32 Å². The largest absolute Gasteiger partial charge is 0.490 e. The van der Waals surface area contributed by atoms with Crippen molar-refractivity contribution in [3.8, 4) is 11.5 Å². The Balaban J connectivity index is 1.39. The fourth-order valence-electron chi connectivity index (χ4n) is 4.40. The smallest absolute Gasteiger partial charge is 0.258 e. The molecule has 0 radical (unpaired) electrons. The summed E-state index contributed by atoms with van der Waals surface area (Å²) in [6.45, 7) is 9.90. The van der Waals surface area contributed by atoms with Gasteiger partial charge in [0, 0.05) is 18.0 Å². The van der Waals surface area contributed by atoms with Gasteiger partial charge in [-0.25, -0.2) is 0 Å². The molecule has 4 N–H and O–H groups in total. The summed E-state index contributed by atoms with van der Waals surface area (Å²) >= 11 is 0. The van der Waals surface area contributed by atoms with E-state index in [0.29, 0.717) is 18.4 Å². The highest BCUT2D eigenvalue weighted by Crippen LogP contribution is 2.28.